The predicted octanol–water partition coefficient (Wildman–Crippen LogP) is 1.57. The van der Waals surface area contributed by atoms with Gasteiger partial charge in [0.2, 0.25) is 0 Å². The van der Waals surface area contributed by atoms with Gasteiger partial charge in [-0.3, -0.25) is 4.79 Å². The molecule has 1 unspecified atom stereocenters. The average molecular weight is 764 g/mol. The lowest BCUT2D eigenvalue weighted by Crippen LogP contribution is -2.61. The van der Waals surface area contributed by atoms with Crippen LogP contribution in [0.25, 0.3) is 0 Å². The maximum atomic E-state index is 14.1. The number of hydrogen-bond donors (Lipinski definition) is 5. The van der Waals surface area contributed by atoms with E-state index in [9.17, 15) is 30.3 Å². The van der Waals surface area contributed by atoms with Crippen LogP contribution in [0.2, 0.25) is 0 Å². The summed E-state index contributed by atoms with van der Waals surface area (Å²) in [5, 5.41) is 57.9. The van der Waals surface area contributed by atoms with Crippen LogP contribution in [0.5, 0.6) is 0 Å². The van der Waals surface area contributed by atoms with Gasteiger partial charge in [0.05, 0.1) is 47.6 Å². The molecule has 20 atom stereocenters. The van der Waals surface area contributed by atoms with Gasteiger partial charge in [-0.2, -0.15) is 0 Å². The molecule has 4 aliphatic rings. The minimum Gasteiger partial charge on any atom is -0.460 e. The second-order valence-corrected chi connectivity index (χ2v) is 17.3. The zero-order chi connectivity index (χ0) is 40.2. The first-order valence-corrected chi connectivity index (χ1v) is 19.1. The number of aliphatic hydroxyl groups is 5. The second kappa shape index (κ2) is 16.4. The number of methoxy groups -OCH3 is 2. The van der Waals surface area contributed by atoms with E-state index in [-0.39, 0.29) is 25.0 Å². The van der Waals surface area contributed by atoms with Crippen LogP contribution >= 0.6 is 0 Å². The number of hydrogen-bond acceptors (Lipinski definition) is 15. The highest BCUT2D eigenvalue weighted by molar-refractivity contribution is 5.73. The number of fused-ring (bicyclic) bond motifs is 2. The highest BCUT2D eigenvalue weighted by atomic mass is 16.7. The molecule has 0 spiro atoms. The third-order valence-corrected chi connectivity index (χ3v) is 13.1. The van der Waals surface area contributed by atoms with E-state index in [4.69, 9.17) is 37.9 Å². The van der Waals surface area contributed by atoms with E-state index in [2.05, 4.69) is 0 Å². The highest BCUT2D eigenvalue weighted by Gasteiger charge is 2.65. The zero-order valence-corrected chi connectivity index (χ0v) is 34.2. The summed E-state index contributed by atoms with van der Waals surface area (Å²) >= 11 is 0. The Bertz CT molecular complexity index is 1250. The number of esters is 1. The Morgan fingerprint density at radius 3 is 1.96 bits per heavy atom. The number of nitrogens with zero attached hydrogens (tertiary/aromatic N) is 1. The summed E-state index contributed by atoms with van der Waals surface area (Å²) in [6.07, 6.45) is -10.2. The molecule has 4 saturated heterocycles. The van der Waals surface area contributed by atoms with Crippen molar-refractivity contribution >= 4 is 5.97 Å². The van der Waals surface area contributed by atoms with Gasteiger partial charge in [-0.1, -0.05) is 20.8 Å². The van der Waals surface area contributed by atoms with Gasteiger partial charge in [0.1, 0.15) is 30.0 Å². The first kappa shape index (κ1) is 44.7. The molecule has 53 heavy (non-hydrogen) atoms. The van der Waals surface area contributed by atoms with Crippen molar-refractivity contribution in [1.82, 2.24) is 4.90 Å². The summed E-state index contributed by atoms with van der Waals surface area (Å²) < 4.78 is 50.3. The standard InChI is InChI=1S/C38H69NO14/c1-18-16-36(9,47-14)32(52-34-27(40)25(39(11)12)15-19(2)48-34)20(3)28(51-26-17-35(8,46-13)30(42)23(6)49-26)21(4)33(44)50-24(7)31(43)37(10)29(41)22(5)38(18,45)53-37/h18-32,34,40-43,45H,15-17H2,1-14H3/t18-,19-,20+,21-,22-,23+,24-,25+,26+,27-,28+,29-,30+,31-,32-,34+,35-,36-,37+,38?/m1/s1. The molecule has 0 radical (unpaired) electrons. The van der Waals surface area contributed by atoms with Crippen LogP contribution in [0, 0.1) is 23.7 Å². The third-order valence-electron chi connectivity index (χ3n) is 13.1. The number of rotatable bonds is 7. The fourth-order valence-electron chi connectivity index (χ4n) is 9.30. The van der Waals surface area contributed by atoms with Crippen molar-refractivity contribution in [2.24, 2.45) is 23.7 Å². The Morgan fingerprint density at radius 1 is 0.792 bits per heavy atom. The van der Waals surface area contributed by atoms with Crippen molar-refractivity contribution < 1.29 is 68.2 Å². The molecular weight excluding hydrogens is 694 g/mol. The fourth-order valence-corrected chi connectivity index (χ4v) is 9.30. The Morgan fingerprint density at radius 2 is 1.40 bits per heavy atom. The molecule has 0 amide bonds. The molecule has 2 bridgehead atoms. The molecule has 0 aromatic heterocycles. The number of ether oxygens (including phenoxy) is 8. The monoisotopic (exact) mass is 763 g/mol. The van der Waals surface area contributed by atoms with Gasteiger partial charge >= 0.3 is 5.97 Å². The molecule has 4 rings (SSSR count). The maximum absolute atomic E-state index is 14.1. The molecule has 15 nitrogen and oxygen atoms in total. The van der Waals surface area contributed by atoms with Gasteiger partial charge in [-0.15, -0.1) is 0 Å². The SMILES string of the molecule is CO[C@]1(C)C[C@@H](C)C2(O)O[C@@](C)([C@H](O)[C@H]2C)[C@H](O)[C@@H](C)OC(=O)[C@H](C)[C@@H](O[C@H]2C[C@@](C)(OC)[C@@H](O)[C@H](C)O2)[C@H](C)[C@H]1O[C@@H]1O[C@H](C)C[C@H](N(C)C)[C@H]1O. The number of cyclic esters (lactones) is 1. The highest BCUT2D eigenvalue weighted by Crippen LogP contribution is 2.50. The fraction of sp³-hybridized carbons (Fsp3) is 0.974. The van der Waals surface area contributed by atoms with Crippen LogP contribution in [0.4, 0.5) is 0 Å². The van der Waals surface area contributed by atoms with Crippen LogP contribution in [-0.2, 0) is 42.7 Å². The summed E-state index contributed by atoms with van der Waals surface area (Å²) in [7, 11) is 6.78. The van der Waals surface area contributed by atoms with Gasteiger partial charge in [0.15, 0.2) is 18.4 Å². The van der Waals surface area contributed by atoms with E-state index in [1.165, 1.54) is 28.1 Å². The van der Waals surface area contributed by atoms with Crippen molar-refractivity contribution in [3.63, 3.8) is 0 Å². The summed E-state index contributed by atoms with van der Waals surface area (Å²) in [6, 6.07) is -0.290. The normalized spacial score (nSPS) is 53.3. The first-order chi connectivity index (χ1) is 24.4. The molecule has 0 saturated carbocycles. The summed E-state index contributed by atoms with van der Waals surface area (Å²) in [6.45, 7) is 17.1. The topological polar surface area (TPSA) is 195 Å². The Hall–Kier alpha value is -1.05. The van der Waals surface area contributed by atoms with Crippen molar-refractivity contribution in [3.05, 3.63) is 0 Å². The smallest absolute Gasteiger partial charge is 0.311 e. The van der Waals surface area contributed by atoms with Crippen LogP contribution in [-0.4, -0.2) is 161 Å². The van der Waals surface area contributed by atoms with Gasteiger partial charge < -0.3 is 68.3 Å². The lowest BCUT2D eigenvalue weighted by molar-refractivity contribution is -0.325. The molecule has 0 aromatic carbocycles. The largest absolute Gasteiger partial charge is 0.460 e. The molecule has 5 N–H and O–H groups in total. The molecule has 15 heteroatoms. The lowest BCUT2D eigenvalue weighted by Gasteiger charge is -2.50. The van der Waals surface area contributed by atoms with Gasteiger partial charge in [0, 0.05) is 44.4 Å². The van der Waals surface area contributed by atoms with Gasteiger partial charge in [-0.05, 0) is 75.4 Å². The molecule has 0 aromatic rings. The van der Waals surface area contributed by atoms with Gasteiger partial charge in [0.25, 0.3) is 0 Å². The number of likely N-dealkylation sites (N-methyl/N-ethyl adjacent to an activating group) is 1. The Labute approximate surface area is 315 Å². The van der Waals surface area contributed by atoms with E-state index in [0.29, 0.717) is 6.42 Å². The van der Waals surface area contributed by atoms with Crippen LogP contribution in [0.15, 0.2) is 0 Å². The first-order valence-electron chi connectivity index (χ1n) is 19.1. The minimum absolute atomic E-state index is 0.0969. The summed E-state index contributed by atoms with van der Waals surface area (Å²) in [5.41, 5.74) is -4.02. The zero-order valence-electron chi connectivity index (χ0n) is 34.2. The van der Waals surface area contributed by atoms with Crippen molar-refractivity contribution in [2.45, 2.75) is 185 Å². The second-order valence-electron chi connectivity index (χ2n) is 17.3. The van der Waals surface area contributed by atoms with E-state index >= 15 is 0 Å². The minimum atomic E-state index is -1.96. The molecule has 0 aliphatic carbocycles. The van der Waals surface area contributed by atoms with E-state index < -0.39 is 114 Å². The molecule has 4 aliphatic heterocycles. The van der Waals surface area contributed by atoms with Crippen molar-refractivity contribution in [3.8, 4) is 0 Å². The number of aliphatic hydroxyl groups excluding tert-OH is 4. The Kier molecular flexibility index (Phi) is 13.8. The molecule has 310 valence electrons. The van der Waals surface area contributed by atoms with Gasteiger partial charge in [-0.25, -0.2) is 0 Å². The lowest BCUT2D eigenvalue weighted by atomic mass is 9.74. The van der Waals surface area contributed by atoms with Crippen LogP contribution in [0.3, 0.4) is 0 Å². The number of carbonyl (C=O) groups excluding carboxylic acids is 1. The molecule has 4 heterocycles. The maximum Gasteiger partial charge on any atom is 0.311 e. The third kappa shape index (κ3) is 8.35. The van der Waals surface area contributed by atoms with Crippen molar-refractivity contribution in [2.75, 3.05) is 28.3 Å². The summed E-state index contributed by atoms with van der Waals surface area (Å²) in [4.78, 5) is 16.1. The van der Waals surface area contributed by atoms with Crippen LogP contribution in [0.1, 0.15) is 88.5 Å². The van der Waals surface area contributed by atoms with Crippen LogP contribution < -0.4 is 0 Å². The quantitative estimate of drug-likeness (QED) is 0.234. The van der Waals surface area contributed by atoms with E-state index in [1.807, 2.05) is 39.8 Å². The Balaban J connectivity index is 1.87. The predicted molar refractivity (Wildman–Crippen MR) is 191 cm³/mol. The van der Waals surface area contributed by atoms with E-state index in [1.54, 1.807) is 34.6 Å². The average Bonchev–Trinajstić information content (AvgIpc) is 3.28. The number of carbonyl (C=O) groups is 1. The van der Waals surface area contributed by atoms with Crippen molar-refractivity contribution in [1.29, 1.82) is 0 Å². The summed E-state index contributed by atoms with van der Waals surface area (Å²) in [5.74, 6) is -6.00. The molecular formula is C38H69NO14. The molecule has 4 fully saturated rings. The van der Waals surface area contributed by atoms with E-state index in [0.717, 1.165) is 0 Å².